The maximum Gasteiger partial charge on any atom is 0.219 e. The molecule has 0 aliphatic carbocycles. The van der Waals surface area contributed by atoms with Gasteiger partial charge in [-0.1, -0.05) is 11.6 Å². The Morgan fingerprint density at radius 1 is 0.944 bits per heavy atom. The van der Waals surface area contributed by atoms with E-state index in [1.54, 1.807) is 12.1 Å². The summed E-state index contributed by atoms with van der Waals surface area (Å²) < 4.78 is 0. The molecule has 0 aliphatic heterocycles. The van der Waals surface area contributed by atoms with E-state index in [4.69, 9.17) is 17.3 Å². The van der Waals surface area contributed by atoms with E-state index in [9.17, 15) is 9.59 Å². The topological polar surface area (TPSA) is 98.8 Å². The Kier molecular flexibility index (Phi) is 5.40. The van der Waals surface area contributed by atoms with Gasteiger partial charge in [-0.15, -0.1) is 0 Å². The first-order chi connectivity index (χ1) is 8.65. The number of aromatic nitrogens is 3. The van der Waals surface area contributed by atoms with Gasteiger partial charge in [-0.3, -0.25) is 9.59 Å². The largest absolute Gasteiger partial charge is 0.368 e. The lowest BCUT2D eigenvalue weighted by molar-refractivity contribution is 0.111. The van der Waals surface area contributed by atoms with E-state index < -0.39 is 0 Å². The predicted octanol–water partition coefficient (Wildman–Crippen LogP) is 1.42. The maximum atomic E-state index is 10.0. The van der Waals surface area contributed by atoms with Crippen LogP contribution >= 0.6 is 11.6 Å². The molecule has 0 radical (unpaired) electrons. The molecule has 0 saturated carbocycles. The van der Waals surface area contributed by atoms with Crippen LogP contribution in [0, 0.1) is 0 Å². The van der Waals surface area contributed by atoms with Gasteiger partial charge in [-0.05, 0) is 12.1 Å². The van der Waals surface area contributed by atoms with Gasteiger partial charge in [0.25, 0.3) is 0 Å². The first kappa shape index (κ1) is 13.7. The van der Waals surface area contributed by atoms with Gasteiger partial charge < -0.3 is 5.73 Å². The van der Waals surface area contributed by atoms with Gasteiger partial charge in [-0.25, -0.2) is 15.0 Å². The molecule has 18 heavy (non-hydrogen) atoms. The lowest BCUT2D eigenvalue weighted by Gasteiger charge is -1.87. The second-order valence-electron chi connectivity index (χ2n) is 3.02. The second-order valence-corrected chi connectivity index (χ2v) is 3.41. The highest BCUT2D eigenvalue weighted by Crippen LogP contribution is 2.02. The van der Waals surface area contributed by atoms with E-state index >= 15 is 0 Å². The van der Waals surface area contributed by atoms with Crippen LogP contribution in [0.5, 0.6) is 0 Å². The minimum Gasteiger partial charge on any atom is -0.368 e. The first-order valence-electron chi connectivity index (χ1n) is 4.75. The fourth-order valence-electron chi connectivity index (χ4n) is 0.866. The highest BCUT2D eigenvalue weighted by atomic mass is 35.5. The number of hydrogen-bond donors (Lipinski definition) is 1. The van der Waals surface area contributed by atoms with Crippen LogP contribution < -0.4 is 5.73 Å². The van der Waals surface area contributed by atoms with Crippen molar-refractivity contribution >= 4 is 30.1 Å². The number of carbonyl (C=O) groups is 2. The highest BCUT2D eigenvalue weighted by molar-refractivity contribution is 6.29. The molecule has 0 unspecified atom stereocenters. The zero-order valence-electron chi connectivity index (χ0n) is 9.15. The van der Waals surface area contributed by atoms with Crippen molar-refractivity contribution in [2.45, 2.75) is 0 Å². The van der Waals surface area contributed by atoms with Crippen molar-refractivity contribution < 1.29 is 9.59 Å². The van der Waals surface area contributed by atoms with Crippen molar-refractivity contribution in [1.82, 2.24) is 15.0 Å². The predicted molar refractivity (Wildman–Crippen MR) is 66.5 cm³/mol. The van der Waals surface area contributed by atoms with Gasteiger partial charge in [0.15, 0.2) is 12.6 Å². The molecule has 0 fully saturated rings. The molecule has 2 aromatic rings. The van der Waals surface area contributed by atoms with Crippen LogP contribution in [0.1, 0.15) is 20.7 Å². The van der Waals surface area contributed by atoms with E-state index in [1.807, 2.05) is 0 Å². The van der Waals surface area contributed by atoms with E-state index in [0.29, 0.717) is 22.6 Å². The van der Waals surface area contributed by atoms with Gasteiger partial charge in [0.2, 0.25) is 5.95 Å². The average molecular weight is 265 g/mol. The van der Waals surface area contributed by atoms with E-state index in [-0.39, 0.29) is 5.95 Å². The molecular weight excluding hydrogens is 256 g/mol. The van der Waals surface area contributed by atoms with Gasteiger partial charge in [0, 0.05) is 24.2 Å². The molecular formula is C11H9ClN4O2. The normalized spacial score (nSPS) is 8.94. The molecule has 92 valence electrons. The number of aldehydes is 2. The molecule has 0 amide bonds. The van der Waals surface area contributed by atoms with Crippen LogP contribution in [0.2, 0.25) is 5.15 Å². The fourth-order valence-corrected chi connectivity index (χ4v) is 0.978. The number of nitrogens with two attached hydrogens (primary N) is 1. The zero-order chi connectivity index (χ0) is 13.4. The van der Waals surface area contributed by atoms with Crippen molar-refractivity contribution in [1.29, 1.82) is 0 Å². The summed E-state index contributed by atoms with van der Waals surface area (Å²) in [6.07, 6.45) is 5.56. The number of nitrogen functional groups attached to an aromatic ring is 1. The van der Waals surface area contributed by atoms with Crippen molar-refractivity contribution in [2.24, 2.45) is 0 Å². The third-order valence-corrected chi connectivity index (χ3v) is 1.94. The van der Waals surface area contributed by atoms with Crippen molar-refractivity contribution in [3.8, 4) is 0 Å². The Morgan fingerprint density at radius 2 is 1.50 bits per heavy atom. The summed E-state index contributed by atoms with van der Waals surface area (Å²) in [5.74, 6) is 0.181. The van der Waals surface area contributed by atoms with Crippen molar-refractivity contribution in [3.05, 3.63) is 47.0 Å². The number of hydrogen-bond acceptors (Lipinski definition) is 6. The smallest absolute Gasteiger partial charge is 0.219 e. The third kappa shape index (κ3) is 4.67. The number of anilines is 1. The molecule has 0 aromatic carbocycles. The average Bonchev–Trinajstić information content (AvgIpc) is 2.41. The Hall–Kier alpha value is -2.34. The van der Waals surface area contributed by atoms with Crippen LogP contribution in [0.3, 0.4) is 0 Å². The van der Waals surface area contributed by atoms with Gasteiger partial charge in [-0.2, -0.15) is 0 Å². The van der Waals surface area contributed by atoms with Gasteiger partial charge in [0.1, 0.15) is 5.15 Å². The van der Waals surface area contributed by atoms with Gasteiger partial charge in [0.05, 0.1) is 5.56 Å². The summed E-state index contributed by atoms with van der Waals surface area (Å²) >= 11 is 5.44. The minimum atomic E-state index is 0.181. The zero-order valence-corrected chi connectivity index (χ0v) is 9.91. The van der Waals surface area contributed by atoms with Crippen molar-refractivity contribution in [2.75, 3.05) is 5.73 Å². The lowest BCUT2D eigenvalue weighted by atomic mass is 10.3. The Bertz CT molecular complexity index is 464. The molecule has 0 aliphatic rings. The summed E-state index contributed by atoms with van der Waals surface area (Å²) in [5.41, 5.74) is 6.12. The quantitative estimate of drug-likeness (QED) is 0.650. The molecule has 2 heterocycles. The minimum absolute atomic E-state index is 0.181. The van der Waals surface area contributed by atoms with Crippen LogP contribution in [0.25, 0.3) is 0 Å². The van der Waals surface area contributed by atoms with E-state index in [0.717, 1.165) is 6.29 Å². The molecule has 0 bridgehead atoms. The highest BCUT2D eigenvalue weighted by Gasteiger charge is 1.89. The monoisotopic (exact) mass is 264 g/mol. The summed E-state index contributed by atoms with van der Waals surface area (Å²) in [7, 11) is 0. The summed E-state index contributed by atoms with van der Waals surface area (Å²) in [4.78, 5) is 30.9. The summed E-state index contributed by atoms with van der Waals surface area (Å²) in [6.45, 7) is 0. The summed E-state index contributed by atoms with van der Waals surface area (Å²) in [6, 6.07) is 3.19. The number of carbonyl (C=O) groups excluding carboxylic acids is 2. The lowest BCUT2D eigenvalue weighted by Crippen LogP contribution is -1.94. The number of halogens is 1. The molecule has 0 atom stereocenters. The molecule has 0 spiro atoms. The van der Waals surface area contributed by atoms with Crippen LogP contribution in [0.15, 0.2) is 30.7 Å². The van der Waals surface area contributed by atoms with Crippen LogP contribution in [-0.2, 0) is 0 Å². The standard InChI is InChI=1S/C6H4ClNO.C5H5N3O/c7-6-2-1-5(4-9)3-8-6;6-5-7-1-4(3-9)2-8-5/h1-4H;1-3H,(H2,6,7,8). The summed E-state index contributed by atoms with van der Waals surface area (Å²) in [5, 5.41) is 0.403. The Morgan fingerprint density at radius 3 is 1.94 bits per heavy atom. The number of nitrogens with zero attached hydrogens (tertiary/aromatic N) is 3. The second kappa shape index (κ2) is 7.08. The number of rotatable bonds is 2. The van der Waals surface area contributed by atoms with E-state index in [2.05, 4.69) is 15.0 Å². The fraction of sp³-hybridized carbons (Fsp3) is 0. The molecule has 7 heteroatoms. The molecule has 2 N–H and O–H groups in total. The SMILES string of the molecule is Nc1ncc(C=O)cn1.O=Cc1ccc(Cl)nc1. The Labute approximate surface area is 108 Å². The van der Waals surface area contributed by atoms with Crippen LogP contribution in [0.4, 0.5) is 5.95 Å². The molecule has 2 rings (SSSR count). The first-order valence-corrected chi connectivity index (χ1v) is 5.13. The van der Waals surface area contributed by atoms with Crippen LogP contribution in [-0.4, -0.2) is 27.5 Å². The van der Waals surface area contributed by atoms with E-state index in [1.165, 1.54) is 18.6 Å². The maximum absolute atomic E-state index is 10.0. The third-order valence-electron chi connectivity index (χ3n) is 1.71. The van der Waals surface area contributed by atoms with Gasteiger partial charge >= 0.3 is 0 Å². The molecule has 0 saturated heterocycles. The molecule has 6 nitrogen and oxygen atoms in total. The molecule has 2 aromatic heterocycles. The number of pyridine rings is 1. The Balaban J connectivity index is 0.000000180. The van der Waals surface area contributed by atoms with Crippen molar-refractivity contribution in [3.63, 3.8) is 0 Å².